The van der Waals surface area contributed by atoms with Crippen LogP contribution in [0.15, 0.2) is 60.9 Å². The van der Waals surface area contributed by atoms with Crippen LogP contribution in [0.5, 0.6) is 11.5 Å². The number of hydrogen-bond donors (Lipinski definition) is 0. The van der Waals surface area contributed by atoms with Crippen LogP contribution in [0.1, 0.15) is 11.1 Å². The van der Waals surface area contributed by atoms with Gasteiger partial charge in [0.1, 0.15) is 18.0 Å². The van der Waals surface area contributed by atoms with Gasteiger partial charge in [0.2, 0.25) is 5.91 Å². The van der Waals surface area contributed by atoms with Crippen molar-refractivity contribution in [3.8, 4) is 28.7 Å². The number of nitriles is 1. The van der Waals surface area contributed by atoms with E-state index in [4.69, 9.17) is 14.7 Å². The molecule has 0 spiro atoms. The minimum absolute atomic E-state index is 0.0153. The first-order chi connectivity index (χ1) is 14.2. The number of hydrogen-bond acceptors (Lipinski definition) is 5. The first-order valence-corrected chi connectivity index (χ1v) is 9.24. The second-order valence-electron chi connectivity index (χ2n) is 6.64. The minimum Gasteiger partial charge on any atom is -0.497 e. The molecule has 6 heteroatoms. The van der Waals surface area contributed by atoms with Gasteiger partial charge >= 0.3 is 0 Å². The predicted molar refractivity (Wildman–Crippen MR) is 109 cm³/mol. The largest absolute Gasteiger partial charge is 0.497 e. The number of amides is 1. The first-order valence-electron chi connectivity index (χ1n) is 9.24. The summed E-state index contributed by atoms with van der Waals surface area (Å²) in [6, 6.07) is 16.8. The molecule has 1 aliphatic rings. The van der Waals surface area contributed by atoms with E-state index in [1.807, 2.05) is 36.4 Å². The lowest BCUT2D eigenvalue weighted by Gasteiger charge is -2.30. The van der Waals surface area contributed by atoms with Gasteiger partial charge in [0, 0.05) is 11.8 Å². The molecule has 0 fully saturated rings. The number of nitrogens with zero attached hydrogens (tertiary/aromatic N) is 3. The van der Waals surface area contributed by atoms with Gasteiger partial charge in [0.25, 0.3) is 0 Å². The smallest absolute Gasteiger partial charge is 0.231 e. The molecule has 0 saturated heterocycles. The Kier molecular flexibility index (Phi) is 5.12. The average molecular weight is 385 g/mol. The van der Waals surface area contributed by atoms with Gasteiger partial charge < -0.3 is 14.4 Å². The summed E-state index contributed by atoms with van der Waals surface area (Å²) in [6.45, 7) is 0.884. The normalized spacial score (nSPS) is 12.5. The molecule has 3 aromatic rings. The molecule has 0 unspecified atom stereocenters. The van der Waals surface area contributed by atoms with Crippen LogP contribution in [0.3, 0.4) is 0 Å². The van der Waals surface area contributed by atoms with Crippen molar-refractivity contribution in [1.29, 1.82) is 5.26 Å². The van der Waals surface area contributed by atoms with Crippen molar-refractivity contribution in [3.63, 3.8) is 0 Å². The maximum atomic E-state index is 13.0. The Hall–Kier alpha value is -3.85. The number of anilines is 1. The quantitative estimate of drug-likeness (QED) is 0.686. The fourth-order valence-corrected chi connectivity index (χ4v) is 3.34. The van der Waals surface area contributed by atoms with Crippen LogP contribution in [0, 0.1) is 11.3 Å². The Morgan fingerprint density at radius 1 is 1.17 bits per heavy atom. The van der Waals surface area contributed by atoms with Crippen LogP contribution in [-0.2, 0) is 11.2 Å². The van der Waals surface area contributed by atoms with E-state index in [0.717, 1.165) is 22.4 Å². The molecule has 1 aromatic heterocycles. The van der Waals surface area contributed by atoms with Gasteiger partial charge in [0.05, 0.1) is 37.9 Å². The molecule has 0 N–H and O–H groups in total. The fraction of sp³-hybridized carbons (Fsp3) is 0.174. The van der Waals surface area contributed by atoms with E-state index in [1.54, 1.807) is 36.5 Å². The Morgan fingerprint density at radius 2 is 1.93 bits per heavy atom. The number of benzene rings is 2. The van der Waals surface area contributed by atoms with E-state index < -0.39 is 0 Å². The summed E-state index contributed by atoms with van der Waals surface area (Å²) in [7, 11) is 1.61. The SMILES string of the molecule is COc1ccc(CC(=O)N2CCOc3c(-c4ccc(C#N)cc4)cncc32)cc1. The van der Waals surface area contributed by atoms with E-state index >= 15 is 0 Å². The highest BCUT2D eigenvalue weighted by molar-refractivity contribution is 5.98. The minimum atomic E-state index is -0.0153. The number of pyridine rings is 1. The van der Waals surface area contributed by atoms with E-state index in [1.165, 1.54) is 0 Å². The van der Waals surface area contributed by atoms with Crippen molar-refractivity contribution in [3.05, 3.63) is 72.1 Å². The third-order valence-electron chi connectivity index (χ3n) is 4.87. The zero-order chi connectivity index (χ0) is 20.2. The summed E-state index contributed by atoms with van der Waals surface area (Å²) in [6.07, 6.45) is 3.66. The summed E-state index contributed by atoms with van der Waals surface area (Å²) < 4.78 is 11.1. The molecule has 1 aliphatic heterocycles. The standard InChI is InChI=1S/C23H19N3O3/c1-28-19-8-4-16(5-9-19)12-22(27)26-10-11-29-23-20(14-25-15-21(23)26)18-6-2-17(13-24)3-7-18/h2-9,14-15H,10-12H2,1H3. The highest BCUT2D eigenvalue weighted by Crippen LogP contribution is 2.40. The molecule has 4 rings (SSSR count). The van der Waals surface area contributed by atoms with Crippen molar-refractivity contribution in [2.24, 2.45) is 0 Å². The number of carbonyl (C=O) groups excluding carboxylic acids is 1. The molecule has 0 atom stereocenters. The number of fused-ring (bicyclic) bond motifs is 1. The molecular weight excluding hydrogens is 366 g/mol. The third-order valence-corrected chi connectivity index (χ3v) is 4.87. The molecule has 0 bridgehead atoms. The number of rotatable bonds is 4. The van der Waals surface area contributed by atoms with Gasteiger partial charge in [-0.05, 0) is 35.4 Å². The summed E-state index contributed by atoms with van der Waals surface area (Å²) in [5, 5.41) is 9.00. The van der Waals surface area contributed by atoms with Gasteiger partial charge in [0.15, 0.2) is 5.75 Å². The zero-order valence-corrected chi connectivity index (χ0v) is 16.0. The molecular formula is C23H19N3O3. The second-order valence-corrected chi connectivity index (χ2v) is 6.64. The Balaban J connectivity index is 1.62. The molecule has 0 saturated carbocycles. The van der Waals surface area contributed by atoms with Crippen LogP contribution in [0.25, 0.3) is 11.1 Å². The predicted octanol–water partition coefficient (Wildman–Crippen LogP) is 3.60. The second kappa shape index (κ2) is 8.03. The van der Waals surface area contributed by atoms with Gasteiger partial charge in [-0.3, -0.25) is 9.78 Å². The van der Waals surface area contributed by atoms with Gasteiger partial charge in [-0.25, -0.2) is 0 Å². The fourth-order valence-electron chi connectivity index (χ4n) is 3.34. The number of aromatic nitrogens is 1. The summed E-state index contributed by atoms with van der Waals surface area (Å²) in [5.74, 6) is 1.38. The van der Waals surface area contributed by atoms with Crippen molar-refractivity contribution < 1.29 is 14.3 Å². The van der Waals surface area contributed by atoms with Crippen molar-refractivity contribution in [2.45, 2.75) is 6.42 Å². The lowest BCUT2D eigenvalue weighted by Crippen LogP contribution is -2.39. The molecule has 1 amide bonds. The maximum absolute atomic E-state index is 13.0. The molecule has 144 valence electrons. The lowest BCUT2D eigenvalue weighted by molar-refractivity contribution is -0.118. The first kappa shape index (κ1) is 18.5. The van der Waals surface area contributed by atoms with E-state index in [2.05, 4.69) is 11.1 Å². The molecule has 6 nitrogen and oxygen atoms in total. The number of ether oxygens (including phenoxy) is 2. The molecule has 29 heavy (non-hydrogen) atoms. The zero-order valence-electron chi connectivity index (χ0n) is 16.0. The lowest BCUT2D eigenvalue weighted by atomic mass is 10.0. The molecule has 0 radical (unpaired) electrons. The highest BCUT2D eigenvalue weighted by Gasteiger charge is 2.26. The Labute approximate surface area is 168 Å². The number of carbonyl (C=O) groups is 1. The van der Waals surface area contributed by atoms with E-state index in [0.29, 0.717) is 30.2 Å². The van der Waals surface area contributed by atoms with Crippen LogP contribution in [0.2, 0.25) is 0 Å². The van der Waals surface area contributed by atoms with Crippen molar-refractivity contribution in [2.75, 3.05) is 25.2 Å². The molecule has 2 heterocycles. The Bertz CT molecular complexity index is 1070. The van der Waals surface area contributed by atoms with Crippen molar-refractivity contribution in [1.82, 2.24) is 4.98 Å². The summed E-state index contributed by atoms with van der Waals surface area (Å²) in [4.78, 5) is 19.0. The third kappa shape index (κ3) is 3.76. The monoisotopic (exact) mass is 385 g/mol. The van der Waals surface area contributed by atoms with Crippen molar-refractivity contribution >= 4 is 11.6 Å². The van der Waals surface area contributed by atoms with Gasteiger partial charge in [-0.2, -0.15) is 5.26 Å². The highest BCUT2D eigenvalue weighted by atomic mass is 16.5. The van der Waals surface area contributed by atoms with Gasteiger partial charge in [-0.15, -0.1) is 0 Å². The van der Waals surface area contributed by atoms with E-state index in [-0.39, 0.29) is 12.3 Å². The maximum Gasteiger partial charge on any atom is 0.231 e. The van der Waals surface area contributed by atoms with Crippen LogP contribution in [-0.4, -0.2) is 31.2 Å². The summed E-state index contributed by atoms with van der Waals surface area (Å²) >= 11 is 0. The average Bonchev–Trinajstić information content (AvgIpc) is 2.79. The Morgan fingerprint density at radius 3 is 2.62 bits per heavy atom. The van der Waals surface area contributed by atoms with Gasteiger partial charge in [-0.1, -0.05) is 24.3 Å². The van der Waals surface area contributed by atoms with Crippen LogP contribution >= 0.6 is 0 Å². The summed E-state index contributed by atoms with van der Waals surface area (Å²) in [5.41, 5.74) is 3.85. The number of methoxy groups -OCH3 is 1. The molecule has 0 aliphatic carbocycles. The van der Waals surface area contributed by atoms with Crippen LogP contribution in [0.4, 0.5) is 5.69 Å². The van der Waals surface area contributed by atoms with E-state index in [9.17, 15) is 4.79 Å². The molecule has 2 aromatic carbocycles. The topological polar surface area (TPSA) is 75.4 Å². The van der Waals surface area contributed by atoms with Crippen LogP contribution < -0.4 is 14.4 Å².